The van der Waals surface area contributed by atoms with E-state index in [2.05, 4.69) is 10.6 Å². The number of anilines is 1. The molecule has 0 aromatic heterocycles. The van der Waals surface area contributed by atoms with E-state index in [0.717, 1.165) is 43.5 Å². The summed E-state index contributed by atoms with van der Waals surface area (Å²) in [6.07, 6.45) is 3.35. The quantitative estimate of drug-likeness (QED) is 0.791. The van der Waals surface area contributed by atoms with Crippen molar-refractivity contribution >= 4 is 11.6 Å². The van der Waals surface area contributed by atoms with Crippen molar-refractivity contribution in [2.24, 2.45) is 0 Å². The van der Waals surface area contributed by atoms with Gasteiger partial charge in [-0.15, -0.1) is 0 Å². The number of aliphatic hydroxyl groups excluding tert-OH is 1. The van der Waals surface area contributed by atoms with Gasteiger partial charge in [-0.3, -0.25) is 4.79 Å². The maximum absolute atomic E-state index is 12.2. The average Bonchev–Trinajstić information content (AvgIpc) is 2.43. The first-order valence-electron chi connectivity index (χ1n) is 7.45. The normalized spacial score (nSPS) is 22.4. The summed E-state index contributed by atoms with van der Waals surface area (Å²) in [4.78, 5) is 12.2. The van der Waals surface area contributed by atoms with Crippen LogP contribution in [0.3, 0.4) is 0 Å². The second kappa shape index (κ2) is 6.75. The van der Waals surface area contributed by atoms with Crippen LogP contribution < -0.4 is 10.6 Å². The van der Waals surface area contributed by atoms with Crippen molar-refractivity contribution < 1.29 is 9.90 Å². The van der Waals surface area contributed by atoms with Gasteiger partial charge in [0.15, 0.2) is 0 Å². The van der Waals surface area contributed by atoms with Crippen LogP contribution >= 0.6 is 0 Å². The number of aliphatic hydroxyl groups is 1. The predicted molar refractivity (Wildman–Crippen MR) is 81.1 cm³/mol. The number of carbonyl (C=O) groups is 1. The molecule has 2 rings (SSSR count). The highest BCUT2D eigenvalue weighted by Crippen LogP contribution is 2.20. The van der Waals surface area contributed by atoms with Gasteiger partial charge in [0, 0.05) is 17.8 Å². The smallest absolute Gasteiger partial charge is 0.251 e. The molecule has 1 amide bonds. The third kappa shape index (κ3) is 3.51. The van der Waals surface area contributed by atoms with Gasteiger partial charge < -0.3 is 15.7 Å². The highest BCUT2D eigenvalue weighted by Gasteiger charge is 2.24. The van der Waals surface area contributed by atoms with Gasteiger partial charge in [-0.25, -0.2) is 0 Å². The zero-order chi connectivity index (χ0) is 14.5. The van der Waals surface area contributed by atoms with Gasteiger partial charge in [-0.1, -0.05) is 12.8 Å². The molecule has 3 N–H and O–H groups in total. The fourth-order valence-corrected chi connectivity index (χ4v) is 2.73. The number of aryl methyl sites for hydroxylation is 1. The van der Waals surface area contributed by atoms with Crippen molar-refractivity contribution in [1.82, 2.24) is 5.32 Å². The van der Waals surface area contributed by atoms with Crippen LogP contribution in [0.4, 0.5) is 5.69 Å². The maximum Gasteiger partial charge on any atom is 0.251 e. The minimum absolute atomic E-state index is 0.0953. The molecule has 4 nitrogen and oxygen atoms in total. The van der Waals surface area contributed by atoms with E-state index in [0.29, 0.717) is 5.56 Å². The molecule has 1 fully saturated rings. The molecular weight excluding hydrogens is 252 g/mol. The third-order valence-electron chi connectivity index (χ3n) is 3.90. The summed E-state index contributed by atoms with van der Waals surface area (Å²) in [5.74, 6) is -0.0953. The van der Waals surface area contributed by atoms with Gasteiger partial charge in [0.25, 0.3) is 5.91 Å². The van der Waals surface area contributed by atoms with Crippen LogP contribution in [0.25, 0.3) is 0 Å². The van der Waals surface area contributed by atoms with Gasteiger partial charge in [0.2, 0.25) is 0 Å². The molecule has 1 saturated carbocycles. The van der Waals surface area contributed by atoms with Gasteiger partial charge in [-0.05, 0) is 50.5 Å². The molecule has 0 spiro atoms. The Hall–Kier alpha value is -1.55. The molecule has 110 valence electrons. The van der Waals surface area contributed by atoms with Gasteiger partial charge in [0.05, 0.1) is 12.1 Å². The lowest BCUT2D eigenvalue weighted by molar-refractivity contribution is 0.0717. The van der Waals surface area contributed by atoms with E-state index in [1.165, 1.54) is 0 Å². The first-order valence-corrected chi connectivity index (χ1v) is 7.45. The Morgan fingerprint density at radius 2 is 2.10 bits per heavy atom. The van der Waals surface area contributed by atoms with Crippen molar-refractivity contribution in [3.8, 4) is 0 Å². The molecule has 1 aromatic carbocycles. The highest BCUT2D eigenvalue weighted by atomic mass is 16.3. The Kier molecular flexibility index (Phi) is 5.01. The Labute approximate surface area is 120 Å². The Balaban J connectivity index is 2.03. The van der Waals surface area contributed by atoms with Crippen LogP contribution in [0.1, 0.15) is 48.5 Å². The van der Waals surface area contributed by atoms with E-state index < -0.39 is 6.10 Å². The van der Waals surface area contributed by atoms with E-state index in [1.54, 1.807) is 0 Å². The first-order chi connectivity index (χ1) is 9.61. The van der Waals surface area contributed by atoms with Crippen molar-refractivity contribution in [1.29, 1.82) is 0 Å². The fraction of sp³-hybridized carbons (Fsp3) is 0.562. The Morgan fingerprint density at radius 3 is 2.75 bits per heavy atom. The number of carbonyl (C=O) groups excluding carboxylic acids is 1. The topological polar surface area (TPSA) is 61.4 Å². The number of benzene rings is 1. The van der Waals surface area contributed by atoms with Crippen LogP contribution in [-0.4, -0.2) is 29.7 Å². The fourth-order valence-electron chi connectivity index (χ4n) is 2.73. The molecule has 0 aliphatic heterocycles. The molecule has 1 aliphatic rings. The Bertz CT molecular complexity index is 474. The van der Waals surface area contributed by atoms with Gasteiger partial charge in [-0.2, -0.15) is 0 Å². The van der Waals surface area contributed by atoms with Crippen LogP contribution in [0.5, 0.6) is 0 Å². The molecule has 0 heterocycles. The molecule has 1 aliphatic carbocycles. The summed E-state index contributed by atoms with van der Waals surface area (Å²) in [6.45, 7) is 4.90. The molecule has 2 unspecified atom stereocenters. The van der Waals surface area contributed by atoms with E-state index in [1.807, 2.05) is 32.0 Å². The lowest BCUT2D eigenvalue weighted by atomic mass is 9.92. The monoisotopic (exact) mass is 276 g/mol. The third-order valence-corrected chi connectivity index (χ3v) is 3.90. The summed E-state index contributed by atoms with van der Waals surface area (Å²) in [5.41, 5.74) is 2.77. The van der Waals surface area contributed by atoms with E-state index >= 15 is 0 Å². The van der Waals surface area contributed by atoms with Crippen LogP contribution in [0.15, 0.2) is 18.2 Å². The maximum atomic E-state index is 12.2. The zero-order valence-electron chi connectivity index (χ0n) is 12.3. The van der Waals surface area contributed by atoms with Crippen molar-refractivity contribution in [3.05, 3.63) is 29.3 Å². The second-order valence-electron chi connectivity index (χ2n) is 5.49. The van der Waals surface area contributed by atoms with E-state index in [-0.39, 0.29) is 11.9 Å². The number of nitrogens with one attached hydrogen (secondary N) is 2. The number of hydrogen-bond donors (Lipinski definition) is 3. The molecule has 0 radical (unpaired) electrons. The summed E-state index contributed by atoms with van der Waals surface area (Å²) >= 11 is 0. The lowest BCUT2D eigenvalue weighted by Gasteiger charge is -2.28. The van der Waals surface area contributed by atoms with Crippen LogP contribution in [0, 0.1) is 6.92 Å². The van der Waals surface area contributed by atoms with Crippen molar-refractivity contribution in [3.63, 3.8) is 0 Å². The molecule has 20 heavy (non-hydrogen) atoms. The minimum Gasteiger partial charge on any atom is -0.391 e. The summed E-state index contributed by atoms with van der Waals surface area (Å²) in [6, 6.07) is 5.55. The molecule has 1 aromatic rings. The average molecular weight is 276 g/mol. The number of amides is 1. The Morgan fingerprint density at radius 1 is 1.35 bits per heavy atom. The van der Waals surface area contributed by atoms with Crippen LogP contribution in [-0.2, 0) is 0 Å². The molecular formula is C16H24N2O2. The van der Waals surface area contributed by atoms with Crippen molar-refractivity contribution in [2.45, 2.75) is 51.7 Å². The number of rotatable bonds is 4. The van der Waals surface area contributed by atoms with Gasteiger partial charge in [0.1, 0.15) is 0 Å². The van der Waals surface area contributed by atoms with Crippen molar-refractivity contribution in [2.75, 3.05) is 11.9 Å². The number of hydrogen-bond acceptors (Lipinski definition) is 3. The van der Waals surface area contributed by atoms with E-state index in [9.17, 15) is 9.90 Å². The summed E-state index contributed by atoms with van der Waals surface area (Å²) in [5, 5.41) is 16.1. The molecule has 2 atom stereocenters. The summed E-state index contributed by atoms with van der Waals surface area (Å²) < 4.78 is 0. The molecule has 0 saturated heterocycles. The summed E-state index contributed by atoms with van der Waals surface area (Å²) in [7, 11) is 0. The standard InChI is InChI=1S/C16H24N2O2/c1-3-17-13-9-8-12(10-11(13)2)16(20)18-14-6-4-5-7-15(14)19/h8-10,14-15,17,19H,3-7H2,1-2H3,(H,18,20). The van der Waals surface area contributed by atoms with Crippen LogP contribution in [0.2, 0.25) is 0 Å². The second-order valence-corrected chi connectivity index (χ2v) is 5.49. The first kappa shape index (κ1) is 14.9. The van der Waals surface area contributed by atoms with E-state index in [4.69, 9.17) is 0 Å². The molecule has 4 heteroatoms. The largest absolute Gasteiger partial charge is 0.391 e. The molecule has 0 bridgehead atoms. The zero-order valence-corrected chi connectivity index (χ0v) is 12.3. The minimum atomic E-state index is -0.408. The predicted octanol–water partition coefficient (Wildman–Crippen LogP) is 2.46. The van der Waals surface area contributed by atoms with Gasteiger partial charge >= 0.3 is 0 Å². The highest BCUT2D eigenvalue weighted by molar-refractivity contribution is 5.95. The lowest BCUT2D eigenvalue weighted by Crippen LogP contribution is -2.45. The SMILES string of the molecule is CCNc1ccc(C(=O)NC2CCCCC2O)cc1C.